The maximum absolute atomic E-state index is 10.6. The minimum atomic E-state index is -0.802. The third-order valence-corrected chi connectivity index (χ3v) is 4.72. The number of hydrogen-bond acceptors (Lipinski definition) is 5. The van der Waals surface area contributed by atoms with E-state index in [0.29, 0.717) is 11.5 Å². The summed E-state index contributed by atoms with van der Waals surface area (Å²) in [6.45, 7) is 5.40. The minimum Gasteiger partial charge on any atom is -0.465 e. The van der Waals surface area contributed by atoms with Crippen molar-refractivity contribution in [3.05, 3.63) is 59.3 Å². The second-order valence-corrected chi connectivity index (χ2v) is 6.51. The molecule has 25 heavy (non-hydrogen) atoms. The van der Waals surface area contributed by atoms with Gasteiger partial charge < -0.3 is 14.1 Å². The Morgan fingerprint density at radius 2 is 2.12 bits per heavy atom. The number of rotatable bonds is 5. The third kappa shape index (κ3) is 3.12. The number of nitrogens with zero attached hydrogens (tertiary/aromatic N) is 5. The molecular weight excluding hydrogens is 318 g/mol. The summed E-state index contributed by atoms with van der Waals surface area (Å²) in [5.74, 6) is 2.63. The van der Waals surface area contributed by atoms with Gasteiger partial charge in [0.05, 0.1) is 24.5 Å². The molecule has 1 N–H and O–H groups in total. The molecule has 0 bridgehead atoms. The minimum absolute atomic E-state index is 0.606. The summed E-state index contributed by atoms with van der Waals surface area (Å²) in [6.07, 6.45) is 3.62. The zero-order valence-corrected chi connectivity index (χ0v) is 14.6. The number of furan rings is 1. The monoisotopic (exact) mass is 341 g/mol. The van der Waals surface area contributed by atoms with E-state index >= 15 is 0 Å². The van der Waals surface area contributed by atoms with Crippen molar-refractivity contribution in [1.29, 1.82) is 0 Å². The molecule has 0 spiro atoms. The number of aliphatic hydroxyl groups excluding tert-OH is 1. The van der Waals surface area contributed by atoms with Gasteiger partial charge in [-0.25, -0.2) is 4.98 Å². The van der Waals surface area contributed by atoms with Crippen LogP contribution in [0.15, 0.2) is 35.0 Å². The van der Waals surface area contributed by atoms with Crippen LogP contribution in [0.2, 0.25) is 0 Å². The average molecular weight is 341 g/mol. The molecule has 3 aromatic rings. The number of aromatic nitrogens is 4. The molecule has 0 amide bonds. The summed E-state index contributed by atoms with van der Waals surface area (Å²) in [5, 5.41) is 15.1. The van der Waals surface area contributed by atoms with Crippen LogP contribution < -0.4 is 0 Å². The van der Waals surface area contributed by atoms with Gasteiger partial charge in [0, 0.05) is 39.0 Å². The quantitative estimate of drug-likeness (QED) is 0.767. The lowest BCUT2D eigenvalue weighted by Crippen LogP contribution is -2.33. The maximum Gasteiger partial charge on any atom is 0.155 e. The Labute approximate surface area is 146 Å². The fraction of sp³-hybridized carbons (Fsp3) is 0.444. The number of aliphatic hydroxyl groups is 1. The van der Waals surface area contributed by atoms with Crippen LogP contribution in [0.25, 0.3) is 0 Å². The molecule has 0 unspecified atom stereocenters. The van der Waals surface area contributed by atoms with E-state index in [1.54, 1.807) is 6.20 Å². The van der Waals surface area contributed by atoms with Crippen LogP contribution in [0.4, 0.5) is 0 Å². The molecule has 1 atom stereocenters. The highest BCUT2D eigenvalue weighted by Crippen LogP contribution is 2.23. The lowest BCUT2D eigenvalue weighted by atomic mass is 10.2. The molecule has 1 aliphatic heterocycles. The highest BCUT2D eigenvalue weighted by Gasteiger charge is 2.24. The van der Waals surface area contributed by atoms with E-state index in [0.717, 1.165) is 49.8 Å². The van der Waals surface area contributed by atoms with Crippen molar-refractivity contribution in [1.82, 2.24) is 24.2 Å². The highest BCUT2D eigenvalue weighted by atomic mass is 16.3. The van der Waals surface area contributed by atoms with Crippen molar-refractivity contribution in [3.8, 4) is 0 Å². The molecule has 3 aromatic heterocycles. The molecule has 0 fully saturated rings. The summed E-state index contributed by atoms with van der Waals surface area (Å²) >= 11 is 0. The van der Waals surface area contributed by atoms with Crippen molar-refractivity contribution in [2.24, 2.45) is 7.05 Å². The van der Waals surface area contributed by atoms with Crippen LogP contribution in [0.3, 0.4) is 0 Å². The van der Waals surface area contributed by atoms with Crippen LogP contribution in [0.5, 0.6) is 0 Å². The maximum atomic E-state index is 10.6. The van der Waals surface area contributed by atoms with Crippen molar-refractivity contribution in [3.63, 3.8) is 0 Å². The van der Waals surface area contributed by atoms with Gasteiger partial charge in [-0.3, -0.25) is 9.58 Å². The first-order valence-electron chi connectivity index (χ1n) is 8.66. The number of fused-ring (bicyclic) bond motifs is 1. The highest BCUT2D eigenvalue weighted by molar-refractivity contribution is 5.20. The fourth-order valence-corrected chi connectivity index (χ4v) is 3.30. The van der Waals surface area contributed by atoms with E-state index in [1.165, 1.54) is 0 Å². The van der Waals surface area contributed by atoms with E-state index in [2.05, 4.69) is 28.0 Å². The normalized spacial score (nSPS) is 16.1. The number of hydrogen-bond donors (Lipinski definition) is 1. The molecule has 4 heterocycles. The second-order valence-electron chi connectivity index (χ2n) is 6.51. The van der Waals surface area contributed by atoms with Crippen molar-refractivity contribution < 1.29 is 9.52 Å². The summed E-state index contributed by atoms with van der Waals surface area (Å²) in [6, 6.07) is 6.08. The van der Waals surface area contributed by atoms with Gasteiger partial charge in [-0.05, 0) is 18.2 Å². The third-order valence-electron chi connectivity index (χ3n) is 4.72. The van der Waals surface area contributed by atoms with Crippen molar-refractivity contribution >= 4 is 0 Å². The fourth-order valence-electron chi connectivity index (χ4n) is 3.30. The molecule has 0 saturated carbocycles. The smallest absolute Gasteiger partial charge is 0.155 e. The summed E-state index contributed by atoms with van der Waals surface area (Å²) in [7, 11) is 1.87. The lowest BCUT2D eigenvalue weighted by Gasteiger charge is -2.26. The molecule has 4 rings (SSSR count). The van der Waals surface area contributed by atoms with Crippen LogP contribution in [-0.4, -0.2) is 35.9 Å². The van der Waals surface area contributed by atoms with E-state index in [4.69, 9.17) is 4.42 Å². The standard InChI is InChI=1S/C18H23N5O2/c1-3-14-4-5-15(25-14)12-22-8-9-23-13(11-22)10-16(20-23)17(24)18-19-6-7-21(18)2/h4-7,10,17,24H,3,8-9,11-12H2,1-2H3/t17-/m0/s1. The Bertz CT molecular complexity index is 863. The van der Waals surface area contributed by atoms with Gasteiger partial charge in [-0.15, -0.1) is 0 Å². The first kappa shape index (κ1) is 16.1. The molecule has 1 aliphatic rings. The molecule has 0 aliphatic carbocycles. The average Bonchev–Trinajstić information content (AvgIpc) is 3.33. The predicted molar refractivity (Wildman–Crippen MR) is 91.7 cm³/mol. The molecule has 7 heteroatoms. The molecule has 132 valence electrons. The topological polar surface area (TPSA) is 72.2 Å². The van der Waals surface area contributed by atoms with Crippen molar-refractivity contribution in [2.45, 2.75) is 39.1 Å². The molecule has 7 nitrogen and oxygen atoms in total. The van der Waals surface area contributed by atoms with Gasteiger partial charge in [0.1, 0.15) is 17.3 Å². The molecule has 0 aromatic carbocycles. The Kier molecular flexibility index (Phi) is 4.19. The van der Waals surface area contributed by atoms with Gasteiger partial charge in [0.15, 0.2) is 6.10 Å². The zero-order valence-electron chi connectivity index (χ0n) is 14.6. The zero-order chi connectivity index (χ0) is 17.4. The summed E-state index contributed by atoms with van der Waals surface area (Å²) < 4.78 is 9.61. The Morgan fingerprint density at radius 3 is 2.84 bits per heavy atom. The van der Waals surface area contributed by atoms with Gasteiger partial charge in [0.2, 0.25) is 0 Å². The summed E-state index contributed by atoms with van der Waals surface area (Å²) in [5.41, 5.74) is 1.76. The van der Waals surface area contributed by atoms with E-state index in [-0.39, 0.29) is 0 Å². The van der Waals surface area contributed by atoms with Crippen LogP contribution in [0, 0.1) is 0 Å². The van der Waals surface area contributed by atoms with Gasteiger partial charge >= 0.3 is 0 Å². The summed E-state index contributed by atoms with van der Waals surface area (Å²) in [4.78, 5) is 6.56. The number of imidazole rings is 1. The number of aryl methyl sites for hydroxylation is 2. The molecule has 0 saturated heterocycles. The van der Waals surface area contributed by atoms with Crippen molar-refractivity contribution in [2.75, 3.05) is 6.54 Å². The predicted octanol–water partition coefficient (Wildman–Crippen LogP) is 1.87. The van der Waals surface area contributed by atoms with E-state index < -0.39 is 6.10 Å². The second kappa shape index (κ2) is 6.50. The van der Waals surface area contributed by atoms with Gasteiger partial charge in [-0.1, -0.05) is 6.92 Å². The largest absolute Gasteiger partial charge is 0.465 e. The lowest BCUT2D eigenvalue weighted by molar-refractivity contribution is 0.186. The van der Waals surface area contributed by atoms with Crippen LogP contribution in [0.1, 0.15) is 41.8 Å². The Hall–Kier alpha value is -2.38. The van der Waals surface area contributed by atoms with Crippen LogP contribution >= 0.6 is 0 Å². The van der Waals surface area contributed by atoms with Gasteiger partial charge in [0.25, 0.3) is 0 Å². The van der Waals surface area contributed by atoms with Crippen LogP contribution in [-0.2, 0) is 33.1 Å². The Balaban J connectivity index is 1.48. The first-order chi connectivity index (χ1) is 12.1. The Morgan fingerprint density at radius 1 is 1.28 bits per heavy atom. The van der Waals surface area contributed by atoms with Gasteiger partial charge in [-0.2, -0.15) is 5.10 Å². The SMILES string of the molecule is CCc1ccc(CN2CCn3nc([C@H](O)c4nccn4C)cc3C2)o1. The first-order valence-corrected chi connectivity index (χ1v) is 8.66. The molecule has 0 radical (unpaired) electrons. The molecular formula is C18H23N5O2. The van der Waals surface area contributed by atoms with E-state index in [9.17, 15) is 5.11 Å². The van der Waals surface area contributed by atoms with E-state index in [1.807, 2.05) is 34.6 Å².